The number of benzene rings is 1. The van der Waals surface area contributed by atoms with Crippen molar-refractivity contribution in [2.24, 2.45) is 0 Å². The first kappa shape index (κ1) is 13.0. The molecule has 0 aliphatic carbocycles. The number of carbonyl (C=O) groups is 1. The second kappa shape index (κ2) is 5.48. The van der Waals surface area contributed by atoms with Gasteiger partial charge in [0, 0.05) is 18.0 Å². The first-order chi connectivity index (χ1) is 9.13. The minimum Gasteiger partial charge on any atom is -0.496 e. The Labute approximate surface area is 109 Å². The fraction of sp³-hybridized carbons (Fsp3) is 0.143. The van der Waals surface area contributed by atoms with Crippen LogP contribution in [0.1, 0.15) is 17.0 Å². The summed E-state index contributed by atoms with van der Waals surface area (Å²) in [6, 6.07) is 7.00. The molecule has 0 saturated carbocycles. The van der Waals surface area contributed by atoms with E-state index in [9.17, 15) is 14.3 Å². The molecule has 5 heteroatoms. The number of ether oxygens (including phenoxy) is 1. The van der Waals surface area contributed by atoms with E-state index in [2.05, 4.69) is 4.98 Å². The average Bonchev–Trinajstić information content (AvgIpc) is 2.40. The van der Waals surface area contributed by atoms with Crippen LogP contribution < -0.4 is 4.74 Å². The van der Waals surface area contributed by atoms with Crippen LogP contribution in [0.5, 0.6) is 5.75 Å². The number of methoxy groups -OCH3 is 1. The standard InChI is InChI=1S/C14H12FNO3/c1-19-12-3-2-10(15)8-11(12)13(14(17)18)9-4-6-16-7-5-9/h2-8,13H,1H3,(H,17,18). The van der Waals surface area contributed by atoms with E-state index in [0.717, 1.165) is 0 Å². The van der Waals surface area contributed by atoms with Gasteiger partial charge in [-0.1, -0.05) is 0 Å². The van der Waals surface area contributed by atoms with Gasteiger partial charge in [0.2, 0.25) is 0 Å². The van der Waals surface area contributed by atoms with Gasteiger partial charge in [0.05, 0.1) is 7.11 Å². The van der Waals surface area contributed by atoms with Crippen molar-refractivity contribution in [1.82, 2.24) is 4.98 Å². The maximum Gasteiger partial charge on any atom is 0.315 e. The Morgan fingerprint density at radius 2 is 2.00 bits per heavy atom. The van der Waals surface area contributed by atoms with Crippen LogP contribution >= 0.6 is 0 Å². The molecule has 0 bridgehead atoms. The van der Waals surface area contributed by atoms with Gasteiger partial charge in [-0.05, 0) is 35.9 Å². The van der Waals surface area contributed by atoms with E-state index in [1.54, 1.807) is 12.1 Å². The summed E-state index contributed by atoms with van der Waals surface area (Å²) in [4.78, 5) is 15.3. The van der Waals surface area contributed by atoms with Gasteiger partial charge in [-0.15, -0.1) is 0 Å². The molecule has 0 aliphatic heterocycles. The highest BCUT2D eigenvalue weighted by atomic mass is 19.1. The second-order valence-corrected chi connectivity index (χ2v) is 3.94. The third kappa shape index (κ3) is 2.70. The average molecular weight is 261 g/mol. The van der Waals surface area contributed by atoms with Crippen LogP contribution in [0.4, 0.5) is 4.39 Å². The topological polar surface area (TPSA) is 59.4 Å². The Kier molecular flexibility index (Phi) is 3.75. The quantitative estimate of drug-likeness (QED) is 0.918. The molecule has 1 aromatic heterocycles. The largest absolute Gasteiger partial charge is 0.496 e. The van der Waals surface area contributed by atoms with Gasteiger partial charge in [-0.3, -0.25) is 9.78 Å². The zero-order valence-corrected chi connectivity index (χ0v) is 10.2. The van der Waals surface area contributed by atoms with Crippen molar-refractivity contribution in [2.75, 3.05) is 7.11 Å². The van der Waals surface area contributed by atoms with Crippen LogP contribution in [0.3, 0.4) is 0 Å². The number of halogens is 1. The van der Waals surface area contributed by atoms with Crippen LogP contribution in [0.15, 0.2) is 42.7 Å². The third-order valence-corrected chi connectivity index (χ3v) is 2.79. The number of aromatic nitrogens is 1. The van der Waals surface area contributed by atoms with E-state index in [4.69, 9.17) is 4.74 Å². The summed E-state index contributed by atoms with van der Waals surface area (Å²) in [6.45, 7) is 0. The molecule has 0 radical (unpaired) electrons. The van der Waals surface area contributed by atoms with Gasteiger partial charge >= 0.3 is 5.97 Å². The number of hydrogen-bond donors (Lipinski definition) is 1. The normalized spacial score (nSPS) is 11.9. The summed E-state index contributed by atoms with van der Waals surface area (Å²) in [7, 11) is 1.42. The van der Waals surface area contributed by atoms with E-state index >= 15 is 0 Å². The molecule has 1 N–H and O–H groups in total. The summed E-state index contributed by atoms with van der Waals surface area (Å²) in [5.41, 5.74) is 0.799. The van der Waals surface area contributed by atoms with Crippen LogP contribution in [0.25, 0.3) is 0 Å². The minimum absolute atomic E-state index is 0.279. The number of aliphatic carboxylic acids is 1. The van der Waals surface area contributed by atoms with Crippen molar-refractivity contribution >= 4 is 5.97 Å². The molecule has 2 rings (SSSR count). The first-order valence-electron chi connectivity index (χ1n) is 5.59. The molecular weight excluding hydrogens is 249 g/mol. The van der Waals surface area contributed by atoms with Crippen LogP contribution in [0, 0.1) is 5.82 Å². The predicted octanol–water partition coefficient (Wildman–Crippen LogP) is 2.45. The molecule has 1 aromatic carbocycles. The molecule has 1 atom stereocenters. The summed E-state index contributed by atoms with van der Waals surface area (Å²) in [5.74, 6) is -2.23. The number of hydrogen-bond acceptors (Lipinski definition) is 3. The van der Waals surface area contributed by atoms with Crippen molar-refractivity contribution in [3.63, 3.8) is 0 Å². The summed E-state index contributed by atoms with van der Waals surface area (Å²) in [5, 5.41) is 9.39. The van der Waals surface area contributed by atoms with Crippen molar-refractivity contribution in [3.8, 4) is 5.75 Å². The Morgan fingerprint density at radius 3 is 2.58 bits per heavy atom. The van der Waals surface area contributed by atoms with Gasteiger partial charge in [-0.25, -0.2) is 4.39 Å². The molecule has 4 nitrogen and oxygen atoms in total. The fourth-order valence-electron chi connectivity index (χ4n) is 1.94. The predicted molar refractivity (Wildman–Crippen MR) is 66.7 cm³/mol. The highest BCUT2D eigenvalue weighted by molar-refractivity contribution is 5.81. The lowest BCUT2D eigenvalue weighted by molar-refractivity contribution is -0.137. The monoisotopic (exact) mass is 261 g/mol. The highest BCUT2D eigenvalue weighted by Gasteiger charge is 2.25. The van der Waals surface area contributed by atoms with Crippen molar-refractivity contribution in [3.05, 3.63) is 59.7 Å². The summed E-state index contributed by atoms with van der Waals surface area (Å²) < 4.78 is 18.5. The van der Waals surface area contributed by atoms with E-state index < -0.39 is 17.7 Å². The maximum atomic E-state index is 13.4. The smallest absolute Gasteiger partial charge is 0.315 e. The molecule has 0 saturated heterocycles. The third-order valence-electron chi connectivity index (χ3n) is 2.79. The Hall–Kier alpha value is -2.43. The molecule has 0 amide bonds. The minimum atomic E-state index is -1.07. The van der Waals surface area contributed by atoms with Crippen molar-refractivity contribution in [1.29, 1.82) is 0 Å². The van der Waals surface area contributed by atoms with Gasteiger partial charge in [0.15, 0.2) is 0 Å². The van der Waals surface area contributed by atoms with Gasteiger partial charge in [0.25, 0.3) is 0 Å². The molecule has 1 heterocycles. The SMILES string of the molecule is COc1ccc(F)cc1C(C(=O)O)c1ccncc1. The molecule has 1 unspecified atom stereocenters. The maximum absolute atomic E-state index is 13.4. The van der Waals surface area contributed by atoms with Gasteiger partial charge in [-0.2, -0.15) is 0 Å². The molecular formula is C14H12FNO3. The molecule has 0 spiro atoms. The summed E-state index contributed by atoms with van der Waals surface area (Å²) in [6.07, 6.45) is 2.99. The molecule has 98 valence electrons. The Morgan fingerprint density at radius 1 is 1.32 bits per heavy atom. The number of carboxylic acid groups (broad SMARTS) is 1. The molecule has 2 aromatic rings. The Balaban J connectivity index is 2.57. The zero-order valence-electron chi connectivity index (χ0n) is 10.2. The van der Waals surface area contributed by atoms with Gasteiger partial charge in [0.1, 0.15) is 17.5 Å². The Bertz CT molecular complexity index is 586. The highest BCUT2D eigenvalue weighted by Crippen LogP contribution is 2.32. The van der Waals surface area contributed by atoms with E-state index in [1.807, 2.05) is 0 Å². The van der Waals surface area contributed by atoms with Crippen LogP contribution in [0.2, 0.25) is 0 Å². The number of pyridine rings is 1. The lowest BCUT2D eigenvalue weighted by Crippen LogP contribution is -2.14. The van der Waals surface area contributed by atoms with E-state index in [0.29, 0.717) is 11.3 Å². The van der Waals surface area contributed by atoms with Gasteiger partial charge < -0.3 is 9.84 Å². The molecule has 0 fully saturated rings. The van der Waals surface area contributed by atoms with Crippen LogP contribution in [-0.2, 0) is 4.79 Å². The lowest BCUT2D eigenvalue weighted by atomic mass is 9.91. The fourth-order valence-corrected chi connectivity index (χ4v) is 1.94. The van der Waals surface area contributed by atoms with Crippen molar-refractivity contribution < 1.29 is 19.0 Å². The lowest BCUT2D eigenvalue weighted by Gasteiger charge is -2.16. The number of nitrogens with zero attached hydrogens (tertiary/aromatic N) is 1. The number of carboxylic acids is 1. The number of rotatable bonds is 4. The second-order valence-electron chi connectivity index (χ2n) is 3.94. The zero-order chi connectivity index (χ0) is 13.8. The van der Waals surface area contributed by atoms with Crippen LogP contribution in [-0.4, -0.2) is 23.2 Å². The van der Waals surface area contributed by atoms with E-state index in [-0.39, 0.29) is 5.56 Å². The molecule has 19 heavy (non-hydrogen) atoms. The van der Waals surface area contributed by atoms with E-state index in [1.165, 1.54) is 37.7 Å². The first-order valence-corrected chi connectivity index (χ1v) is 5.59. The molecule has 0 aliphatic rings. The van der Waals surface area contributed by atoms with Crippen molar-refractivity contribution in [2.45, 2.75) is 5.92 Å². The summed E-state index contributed by atoms with van der Waals surface area (Å²) >= 11 is 0.